The van der Waals surface area contributed by atoms with Gasteiger partial charge in [0.2, 0.25) is 0 Å². The van der Waals surface area contributed by atoms with Crippen molar-refractivity contribution in [3.05, 3.63) is 71.1 Å². The first kappa shape index (κ1) is 29.6. The van der Waals surface area contributed by atoms with Crippen LogP contribution in [0.15, 0.2) is 48.5 Å². The van der Waals surface area contributed by atoms with Gasteiger partial charge in [0.25, 0.3) is 5.91 Å². The van der Waals surface area contributed by atoms with Crippen molar-refractivity contribution in [1.82, 2.24) is 24.7 Å². The number of carbonyl (C=O) groups is 2. The van der Waals surface area contributed by atoms with Crippen LogP contribution in [-0.2, 0) is 17.5 Å². The summed E-state index contributed by atoms with van der Waals surface area (Å²) < 4.78 is 44.1. The molecule has 1 N–H and O–H groups in total. The molecule has 0 saturated carbocycles. The van der Waals surface area contributed by atoms with Crippen LogP contribution in [0, 0.1) is 0 Å². The van der Waals surface area contributed by atoms with E-state index >= 15 is 0 Å². The standard InChI is InChI=1S/C31H36F3N5O3/c1-20-18-37(19-21-5-8-24(9-6-21)31(32,33)34)15-16-39(20)28(40)27-35-25-10-7-23(17-26(25)36-27)22-11-13-38(14-12-22)29(41)42-30(2,3)4/h5-11,17,20H,12-16,18-19H2,1-4H3,(H,35,36)/t20-/m0/s1. The van der Waals surface area contributed by atoms with E-state index in [4.69, 9.17) is 4.74 Å². The van der Waals surface area contributed by atoms with E-state index in [1.165, 1.54) is 12.1 Å². The molecule has 2 aromatic carbocycles. The number of H-pyrrole nitrogens is 1. The summed E-state index contributed by atoms with van der Waals surface area (Å²) in [7, 11) is 0. The van der Waals surface area contributed by atoms with Crippen LogP contribution in [0.3, 0.4) is 0 Å². The third kappa shape index (κ3) is 6.78. The minimum Gasteiger partial charge on any atom is -0.444 e. The largest absolute Gasteiger partial charge is 0.444 e. The molecule has 5 rings (SSSR count). The molecule has 0 aliphatic carbocycles. The molecule has 3 aromatic rings. The summed E-state index contributed by atoms with van der Waals surface area (Å²) in [4.78, 5) is 39.2. The second kappa shape index (κ2) is 11.4. The lowest BCUT2D eigenvalue weighted by Crippen LogP contribution is -2.53. The Morgan fingerprint density at radius 2 is 1.79 bits per heavy atom. The number of imidazole rings is 1. The number of hydrogen-bond donors (Lipinski definition) is 1. The molecule has 1 atom stereocenters. The van der Waals surface area contributed by atoms with E-state index in [-0.39, 0.29) is 23.9 Å². The van der Waals surface area contributed by atoms with E-state index in [1.54, 1.807) is 9.80 Å². The van der Waals surface area contributed by atoms with Crippen LogP contribution in [0.4, 0.5) is 18.0 Å². The molecule has 0 unspecified atom stereocenters. The van der Waals surface area contributed by atoms with Gasteiger partial charge in [-0.15, -0.1) is 0 Å². The first-order valence-corrected chi connectivity index (χ1v) is 14.1. The minimum atomic E-state index is -4.35. The van der Waals surface area contributed by atoms with Crippen molar-refractivity contribution in [2.75, 3.05) is 32.7 Å². The summed E-state index contributed by atoms with van der Waals surface area (Å²) in [5.41, 5.74) is 3.20. The van der Waals surface area contributed by atoms with Crippen LogP contribution >= 0.6 is 0 Å². The number of benzene rings is 2. The molecule has 2 aliphatic rings. The lowest BCUT2D eigenvalue weighted by atomic mass is 9.99. The van der Waals surface area contributed by atoms with Gasteiger partial charge in [-0.2, -0.15) is 13.2 Å². The Bertz CT molecular complexity index is 1490. The number of amides is 2. The molecule has 42 heavy (non-hydrogen) atoms. The fraction of sp³-hybridized carbons (Fsp3) is 0.452. The fourth-order valence-corrected chi connectivity index (χ4v) is 5.41. The van der Waals surface area contributed by atoms with E-state index in [1.807, 2.05) is 52.0 Å². The number of aromatic nitrogens is 2. The summed E-state index contributed by atoms with van der Waals surface area (Å²) in [6, 6.07) is 11.0. The molecule has 0 radical (unpaired) electrons. The molecule has 8 nitrogen and oxygen atoms in total. The summed E-state index contributed by atoms with van der Waals surface area (Å²) in [6.07, 6.45) is -1.95. The zero-order valence-corrected chi connectivity index (χ0v) is 24.3. The normalized spacial score (nSPS) is 18.7. The van der Waals surface area contributed by atoms with E-state index < -0.39 is 17.3 Å². The molecule has 1 aromatic heterocycles. The number of nitrogens with zero attached hydrogens (tertiary/aromatic N) is 4. The molecule has 1 fully saturated rings. The molecule has 1 saturated heterocycles. The minimum absolute atomic E-state index is 0.0928. The number of aromatic amines is 1. The molecule has 2 aliphatic heterocycles. The van der Waals surface area contributed by atoms with E-state index in [9.17, 15) is 22.8 Å². The van der Waals surface area contributed by atoms with Gasteiger partial charge in [0.1, 0.15) is 5.60 Å². The number of rotatable bonds is 4. The van der Waals surface area contributed by atoms with E-state index in [0.717, 1.165) is 34.3 Å². The van der Waals surface area contributed by atoms with Crippen molar-refractivity contribution >= 4 is 28.6 Å². The van der Waals surface area contributed by atoms with Crippen molar-refractivity contribution in [3.63, 3.8) is 0 Å². The summed E-state index contributed by atoms with van der Waals surface area (Å²) in [5, 5.41) is 0. The maximum atomic E-state index is 13.4. The fourth-order valence-electron chi connectivity index (χ4n) is 5.41. The van der Waals surface area contributed by atoms with Crippen LogP contribution in [0.25, 0.3) is 16.6 Å². The second-order valence-corrected chi connectivity index (χ2v) is 12.0. The highest BCUT2D eigenvalue weighted by molar-refractivity contribution is 5.95. The average Bonchev–Trinajstić information content (AvgIpc) is 3.35. The van der Waals surface area contributed by atoms with E-state index in [2.05, 4.69) is 14.9 Å². The van der Waals surface area contributed by atoms with Gasteiger partial charge in [-0.05, 0) is 75.1 Å². The number of carbonyl (C=O) groups excluding carboxylic acids is 2. The Morgan fingerprint density at radius 3 is 2.40 bits per heavy atom. The van der Waals surface area contributed by atoms with Crippen molar-refractivity contribution in [1.29, 1.82) is 0 Å². The maximum absolute atomic E-state index is 13.4. The van der Waals surface area contributed by atoms with Crippen molar-refractivity contribution in [2.45, 2.75) is 58.5 Å². The van der Waals surface area contributed by atoms with Gasteiger partial charge < -0.3 is 19.5 Å². The number of ether oxygens (including phenoxy) is 1. The highest BCUT2D eigenvalue weighted by atomic mass is 19.4. The lowest BCUT2D eigenvalue weighted by Gasteiger charge is -2.39. The predicted molar refractivity (Wildman–Crippen MR) is 154 cm³/mol. The van der Waals surface area contributed by atoms with Gasteiger partial charge in [-0.25, -0.2) is 9.78 Å². The lowest BCUT2D eigenvalue weighted by molar-refractivity contribution is -0.137. The number of hydrogen-bond acceptors (Lipinski definition) is 5. The topological polar surface area (TPSA) is 81.8 Å². The Kier molecular flexibility index (Phi) is 8.06. The highest BCUT2D eigenvalue weighted by Crippen LogP contribution is 2.30. The van der Waals surface area contributed by atoms with Crippen LogP contribution < -0.4 is 0 Å². The predicted octanol–water partition coefficient (Wildman–Crippen LogP) is 5.95. The Hall–Kier alpha value is -3.86. The third-order valence-corrected chi connectivity index (χ3v) is 7.58. The van der Waals surface area contributed by atoms with Crippen molar-refractivity contribution in [3.8, 4) is 0 Å². The Morgan fingerprint density at radius 1 is 1.05 bits per heavy atom. The average molecular weight is 584 g/mol. The molecule has 0 spiro atoms. The van der Waals surface area contributed by atoms with Crippen LogP contribution in [-0.4, -0.2) is 81.0 Å². The maximum Gasteiger partial charge on any atom is 0.416 e. The second-order valence-electron chi connectivity index (χ2n) is 12.0. The third-order valence-electron chi connectivity index (χ3n) is 7.58. The molecular formula is C31H36F3N5O3. The summed E-state index contributed by atoms with van der Waals surface area (Å²) in [5.74, 6) is 0.0956. The van der Waals surface area contributed by atoms with E-state index in [0.29, 0.717) is 51.2 Å². The first-order valence-electron chi connectivity index (χ1n) is 14.1. The van der Waals surface area contributed by atoms with Gasteiger partial charge in [-0.3, -0.25) is 9.69 Å². The van der Waals surface area contributed by atoms with Crippen LogP contribution in [0.5, 0.6) is 0 Å². The van der Waals surface area contributed by atoms with Gasteiger partial charge in [0, 0.05) is 45.3 Å². The van der Waals surface area contributed by atoms with Crippen molar-refractivity contribution < 1.29 is 27.5 Å². The van der Waals surface area contributed by atoms with Gasteiger partial charge in [0.15, 0.2) is 5.82 Å². The smallest absolute Gasteiger partial charge is 0.416 e. The highest BCUT2D eigenvalue weighted by Gasteiger charge is 2.32. The zero-order chi connectivity index (χ0) is 30.2. The monoisotopic (exact) mass is 583 g/mol. The summed E-state index contributed by atoms with van der Waals surface area (Å²) in [6.45, 7) is 10.8. The molecule has 2 amide bonds. The first-order chi connectivity index (χ1) is 19.8. The zero-order valence-electron chi connectivity index (χ0n) is 24.3. The van der Waals surface area contributed by atoms with Crippen LogP contribution in [0.2, 0.25) is 0 Å². The van der Waals surface area contributed by atoms with Crippen LogP contribution in [0.1, 0.15) is 61.4 Å². The molecule has 11 heteroatoms. The molecule has 224 valence electrons. The number of nitrogens with one attached hydrogen (secondary N) is 1. The number of piperazine rings is 1. The SMILES string of the molecule is C[C@H]1CN(Cc2ccc(C(F)(F)F)cc2)CCN1C(=O)c1nc2ccc(C3=CCN(C(=O)OC(C)(C)C)CC3)cc2[nH]1. The molecule has 3 heterocycles. The Balaban J connectivity index is 1.20. The number of halogens is 3. The van der Waals surface area contributed by atoms with Crippen molar-refractivity contribution in [2.24, 2.45) is 0 Å². The summed E-state index contributed by atoms with van der Waals surface area (Å²) >= 11 is 0. The van der Waals surface area contributed by atoms with Gasteiger partial charge >= 0.3 is 12.3 Å². The Labute approximate surface area is 243 Å². The quantitative estimate of drug-likeness (QED) is 0.411. The van der Waals surface area contributed by atoms with Gasteiger partial charge in [0.05, 0.1) is 16.6 Å². The number of alkyl halides is 3. The van der Waals surface area contributed by atoms with Gasteiger partial charge in [-0.1, -0.05) is 24.3 Å². The number of fused-ring (bicyclic) bond motifs is 1. The molecular weight excluding hydrogens is 547 g/mol. The molecule has 0 bridgehead atoms.